The average Bonchev–Trinajstić information content (AvgIpc) is 3.26. The Balaban J connectivity index is 0.000000269. The van der Waals surface area contributed by atoms with Crippen LogP contribution in [0, 0.1) is 0 Å². The number of amides is 3. The smallest absolute Gasteiger partial charge is 0.470 e. The van der Waals surface area contributed by atoms with Crippen molar-refractivity contribution in [3.63, 3.8) is 0 Å². The van der Waals surface area contributed by atoms with Crippen LogP contribution in [0.15, 0.2) is 24.8 Å². The largest absolute Gasteiger partial charge is 0.471 e. The van der Waals surface area contributed by atoms with Gasteiger partial charge in [-0.15, -0.1) is 0 Å². The molecule has 8 heterocycles. The van der Waals surface area contributed by atoms with E-state index in [-0.39, 0.29) is 116 Å². The Morgan fingerprint density at radius 3 is 1.10 bits per heavy atom. The van der Waals surface area contributed by atoms with Gasteiger partial charge in [0.2, 0.25) is 57.8 Å². The Labute approximate surface area is 517 Å². The number of rotatable bonds is 7. The van der Waals surface area contributed by atoms with E-state index in [2.05, 4.69) is 50.6 Å². The van der Waals surface area contributed by atoms with Crippen molar-refractivity contribution in [3.8, 4) is 17.6 Å². The molecule has 25 nitrogen and oxygen atoms in total. The molecule has 3 amide bonds. The van der Waals surface area contributed by atoms with Gasteiger partial charge >= 0.3 is 24.3 Å². The van der Waals surface area contributed by atoms with Crippen molar-refractivity contribution in [1.82, 2.24) is 58.9 Å². The van der Waals surface area contributed by atoms with Gasteiger partial charge in [-0.1, -0.05) is 58.0 Å². The average molecular weight is 1410 g/mol. The summed E-state index contributed by atoms with van der Waals surface area (Å²) in [6.45, 7) is 12.8. The van der Waals surface area contributed by atoms with E-state index in [0.717, 1.165) is 12.5 Å². The van der Waals surface area contributed by atoms with Crippen molar-refractivity contribution >= 4 is 152 Å². The van der Waals surface area contributed by atoms with E-state index >= 15 is 0 Å². The van der Waals surface area contributed by atoms with E-state index in [9.17, 15) is 44.4 Å². The maximum Gasteiger partial charge on any atom is 0.471 e. The first kappa shape index (κ1) is 72.5. The fraction of sp³-hybridized carbons (Fsp3) is 0.548. The van der Waals surface area contributed by atoms with Crippen LogP contribution >= 0.6 is 115 Å². The fourth-order valence-electron chi connectivity index (χ4n) is 5.56. The zero-order valence-electron chi connectivity index (χ0n) is 43.7. The van der Waals surface area contributed by atoms with E-state index < -0.39 is 48.5 Å². The van der Waals surface area contributed by atoms with Gasteiger partial charge in [0.05, 0.1) is 101 Å². The summed E-state index contributed by atoms with van der Waals surface area (Å²) < 4.78 is 105. The summed E-state index contributed by atoms with van der Waals surface area (Å²) in [5, 5.41) is 10.1. The molecule has 8 rings (SSSR count). The van der Waals surface area contributed by atoms with E-state index in [0.29, 0.717) is 36.1 Å². The van der Waals surface area contributed by atoms with Gasteiger partial charge in [0.1, 0.15) is 44.6 Å². The molecule has 0 saturated carbocycles. The van der Waals surface area contributed by atoms with Gasteiger partial charge in [0.15, 0.2) is 5.15 Å². The Bertz CT molecular complexity index is 3060. The third kappa shape index (κ3) is 27.1. The lowest BCUT2D eigenvalue weighted by Crippen LogP contribution is -2.59. The highest BCUT2D eigenvalue weighted by molar-refractivity contribution is 8.13. The molecule has 0 radical (unpaired) electrons. The third-order valence-corrected chi connectivity index (χ3v) is 12.6. The van der Waals surface area contributed by atoms with Gasteiger partial charge in [-0.3, -0.25) is 4.79 Å². The van der Waals surface area contributed by atoms with Crippen LogP contribution in [0.5, 0.6) is 17.6 Å². The van der Waals surface area contributed by atoms with Gasteiger partial charge in [0.25, 0.3) is 0 Å². The Hall–Kier alpha value is -3.76. The molecule has 4 fully saturated rings. The summed E-state index contributed by atoms with van der Waals surface area (Å²) >= 11 is 50.5. The number of halogens is 13. The van der Waals surface area contributed by atoms with E-state index in [1.807, 2.05) is 41.5 Å². The van der Waals surface area contributed by atoms with Crippen LogP contribution in [-0.4, -0.2) is 206 Å². The van der Waals surface area contributed by atoms with Crippen molar-refractivity contribution in [2.24, 2.45) is 0 Å². The van der Waals surface area contributed by atoms with Crippen molar-refractivity contribution in [2.45, 2.75) is 83.3 Å². The molecule has 4 aromatic heterocycles. The predicted molar refractivity (Wildman–Crippen MR) is 298 cm³/mol. The van der Waals surface area contributed by atoms with Gasteiger partial charge in [-0.2, -0.15) is 32.4 Å². The number of nitrogens with zero attached hydrogens (tertiary/aromatic N) is 12. The van der Waals surface area contributed by atoms with Crippen LogP contribution in [0.3, 0.4) is 0 Å². The Morgan fingerprint density at radius 2 is 0.817 bits per heavy atom. The highest BCUT2D eigenvalue weighted by Gasteiger charge is 2.47. The number of ether oxygens (including phenoxy) is 5. The molecule has 4 aromatic rings. The fourth-order valence-corrected chi connectivity index (χ4v) is 7.62. The molecule has 4 aliphatic heterocycles. The summed E-state index contributed by atoms with van der Waals surface area (Å²) in [7, 11) is -1.84. The van der Waals surface area contributed by atoms with Crippen molar-refractivity contribution in [3.05, 3.63) is 71.2 Å². The summed E-state index contributed by atoms with van der Waals surface area (Å²) in [5.41, 5.74) is -0.954. The van der Waals surface area contributed by atoms with Crippen LogP contribution in [-0.2, 0) is 33.3 Å². The van der Waals surface area contributed by atoms with Crippen LogP contribution in [0.4, 0.5) is 22.8 Å². The molecule has 0 aliphatic carbocycles. The number of alkyl halides is 3. The van der Waals surface area contributed by atoms with Crippen LogP contribution in [0.2, 0.25) is 46.4 Å². The monoisotopic (exact) mass is 1400 g/mol. The zero-order chi connectivity index (χ0) is 62.5. The first-order valence-corrected chi connectivity index (χ1v) is 30.6. The minimum Gasteiger partial charge on any atom is -0.470 e. The molecular formula is C42H49Cl10F3N12O13S2. The molecule has 4 saturated heterocycles. The summed E-state index contributed by atoms with van der Waals surface area (Å²) in [6.07, 6.45) is 0.370. The highest BCUT2D eigenvalue weighted by Crippen LogP contribution is 2.30. The molecule has 0 spiro atoms. The quantitative estimate of drug-likeness (QED) is 0.103. The highest BCUT2D eigenvalue weighted by atomic mass is 35.7. The molecule has 0 aromatic carbocycles. The Kier molecular flexibility index (Phi) is 27.5. The number of hydrogen-bond donors (Lipinski definition) is 1. The number of sulfonamides is 1. The lowest BCUT2D eigenvalue weighted by Gasteiger charge is -2.39. The number of carbonyl (C=O) groups excluding carboxylic acids is 3. The second-order valence-corrected chi connectivity index (χ2v) is 27.1. The third-order valence-electron chi connectivity index (χ3n) is 9.23. The number of aliphatic hydroxyl groups excluding tert-OH is 1. The summed E-state index contributed by atoms with van der Waals surface area (Å²) in [4.78, 5) is 66.9. The van der Waals surface area contributed by atoms with Crippen molar-refractivity contribution in [1.29, 1.82) is 0 Å². The number of aromatic nitrogens is 8. The molecule has 458 valence electrons. The number of hydrogen-bond acceptors (Lipinski definition) is 21. The predicted octanol–water partition coefficient (Wildman–Crippen LogP) is 8.74. The molecule has 40 heteroatoms. The topological polar surface area (TPSA) is 302 Å². The first-order valence-electron chi connectivity index (χ1n) is 22.7. The lowest BCUT2D eigenvalue weighted by atomic mass is 10.1. The minimum absolute atomic E-state index is 0.0224. The maximum atomic E-state index is 12.1. The number of aliphatic hydroxyl groups is 1. The number of carbonyl (C=O) groups is 3. The van der Waals surface area contributed by atoms with Gasteiger partial charge in [-0.05, 0) is 87.9 Å². The standard InChI is InChI=1S/C12H15Cl2N3O3.C9H6Cl2F3N3O2.C8H9Cl2N3O3S.C8H15NO3.C4HCl3N2.CH3ClO2S/c1-12(2,3)20-11(18)17-5-7(6-17)19-9-8(13)4-15-10(14)16-9;10-5-1-15-8(11)16-6(5)19-4-2-17(3-4)7(18)9(12,13)14;1-17(14,15)13-3-5(4-13)16-7-6(9)2-11-8(10)12-7;1-8(2,3)12-7(11)9-4-6(10)5-9;5-2-1-8-4(7)9-3(2)6;1-5(2,3)4/h4,7H,5-6H2,1-3H3;1,4H,2-3H2;2,5H,3-4H2,1H3;6,10H,4-5H2,1-3H3;1H;1H3. The van der Waals surface area contributed by atoms with Crippen molar-refractivity contribution < 1.29 is 73.2 Å². The molecule has 0 unspecified atom stereocenters. The molecular weight excluding hydrogens is 1360 g/mol. The lowest BCUT2D eigenvalue weighted by molar-refractivity contribution is -0.193. The maximum absolute atomic E-state index is 12.1. The van der Waals surface area contributed by atoms with Crippen LogP contribution in [0.1, 0.15) is 41.5 Å². The van der Waals surface area contributed by atoms with E-state index in [4.69, 9.17) is 133 Å². The zero-order valence-corrected chi connectivity index (χ0v) is 52.9. The molecule has 4 aliphatic rings. The number of likely N-dealkylation sites (tertiary alicyclic amines) is 3. The van der Waals surface area contributed by atoms with E-state index in [1.165, 1.54) is 34.0 Å². The summed E-state index contributed by atoms with van der Waals surface area (Å²) in [5.74, 6) is -1.52. The van der Waals surface area contributed by atoms with Gasteiger partial charge in [0, 0.05) is 10.7 Å². The Morgan fingerprint density at radius 1 is 0.524 bits per heavy atom. The van der Waals surface area contributed by atoms with Crippen molar-refractivity contribution in [2.75, 3.05) is 64.9 Å². The molecule has 0 atom stereocenters. The van der Waals surface area contributed by atoms with Crippen LogP contribution in [0.25, 0.3) is 0 Å². The number of β-amino-alcohol motifs (C(OH)–C–C–N with tert-alkyl or cyclic N) is 1. The second-order valence-electron chi connectivity index (χ2n) is 18.8. The molecule has 0 bridgehead atoms. The van der Waals surface area contributed by atoms with Gasteiger partial charge < -0.3 is 43.5 Å². The SMILES string of the molecule is CC(C)(C)OC(=O)N1CC(O)C1.CC(C)(C)OC(=O)N1CC(Oc2nc(Cl)ncc2Cl)C1.CS(=O)(=O)Cl.CS(=O)(=O)N1CC(Oc2nc(Cl)ncc2Cl)C1.Clc1ncc(Cl)c(Cl)n1.O=C(N1CC(Oc2nc(Cl)ncc2Cl)C1)C(F)(F)F. The van der Waals surface area contributed by atoms with Gasteiger partial charge in [-0.25, -0.2) is 51.3 Å². The van der Waals surface area contributed by atoms with E-state index in [1.54, 1.807) is 4.90 Å². The first-order chi connectivity index (χ1) is 37.5. The normalized spacial score (nSPS) is 15.8. The minimum atomic E-state index is -4.87. The second kappa shape index (κ2) is 31.1. The molecule has 82 heavy (non-hydrogen) atoms. The summed E-state index contributed by atoms with van der Waals surface area (Å²) in [6, 6.07) is 0. The molecule has 1 N–H and O–H groups in total. The van der Waals surface area contributed by atoms with Crippen LogP contribution < -0.4 is 14.2 Å².